The molecule has 4 nitrogen and oxygen atoms in total. The summed E-state index contributed by atoms with van der Waals surface area (Å²) in [5.74, 6) is 0.723. The molecule has 0 saturated heterocycles. The smallest absolute Gasteiger partial charge is 0.201 e. The molecule has 0 radical (unpaired) electrons. The maximum Gasteiger partial charge on any atom is 0.201 e. The van der Waals surface area contributed by atoms with Crippen LogP contribution in [0, 0.1) is 0 Å². The normalized spacial score (nSPS) is 10.8. The number of anilines is 2. The van der Waals surface area contributed by atoms with Crippen molar-refractivity contribution in [3.8, 4) is 0 Å². The van der Waals surface area contributed by atoms with E-state index < -0.39 is 0 Å². The van der Waals surface area contributed by atoms with Gasteiger partial charge in [-0.1, -0.05) is 23.7 Å². The first-order valence-corrected chi connectivity index (χ1v) is 6.32. The molecule has 4 N–H and O–H groups in total. The Balaban J connectivity index is 1.78. The molecule has 1 aromatic heterocycles. The van der Waals surface area contributed by atoms with Crippen molar-refractivity contribution in [1.29, 1.82) is 0 Å². The molecular formula is C14H13ClN4. The van der Waals surface area contributed by atoms with Crippen LogP contribution in [0.15, 0.2) is 42.5 Å². The van der Waals surface area contributed by atoms with E-state index in [-0.39, 0.29) is 0 Å². The number of nitrogens with one attached hydrogen (secondary N) is 2. The van der Waals surface area contributed by atoms with Gasteiger partial charge in [0.05, 0.1) is 11.0 Å². The Morgan fingerprint density at radius 3 is 2.95 bits per heavy atom. The minimum absolute atomic E-state index is 0.663. The molecule has 2 aromatic carbocycles. The summed E-state index contributed by atoms with van der Waals surface area (Å²) in [4.78, 5) is 7.62. The fraction of sp³-hybridized carbons (Fsp3) is 0.0714. The molecule has 0 aliphatic heterocycles. The quantitative estimate of drug-likeness (QED) is 0.640. The van der Waals surface area contributed by atoms with Gasteiger partial charge in [0.1, 0.15) is 0 Å². The van der Waals surface area contributed by atoms with Crippen molar-refractivity contribution in [2.24, 2.45) is 0 Å². The first-order valence-electron chi connectivity index (χ1n) is 5.94. The summed E-state index contributed by atoms with van der Waals surface area (Å²) in [7, 11) is 0. The first kappa shape index (κ1) is 11.9. The van der Waals surface area contributed by atoms with Gasteiger partial charge in [-0.25, -0.2) is 4.98 Å². The van der Waals surface area contributed by atoms with Crippen molar-refractivity contribution < 1.29 is 0 Å². The van der Waals surface area contributed by atoms with E-state index in [1.165, 1.54) is 0 Å². The van der Waals surface area contributed by atoms with E-state index in [4.69, 9.17) is 17.3 Å². The first-order chi connectivity index (χ1) is 9.20. The molecule has 1 heterocycles. The van der Waals surface area contributed by atoms with E-state index >= 15 is 0 Å². The zero-order valence-electron chi connectivity index (χ0n) is 10.2. The van der Waals surface area contributed by atoms with Crippen molar-refractivity contribution in [3.63, 3.8) is 0 Å². The molecule has 0 spiro atoms. The highest BCUT2D eigenvalue weighted by atomic mass is 35.5. The third-order valence-corrected chi connectivity index (χ3v) is 3.09. The van der Waals surface area contributed by atoms with Crippen molar-refractivity contribution in [1.82, 2.24) is 9.97 Å². The van der Waals surface area contributed by atoms with Crippen LogP contribution in [0.5, 0.6) is 0 Å². The average molecular weight is 273 g/mol. The number of nitrogen functional groups attached to an aromatic ring is 1. The van der Waals surface area contributed by atoms with Crippen LogP contribution in [0.2, 0.25) is 5.02 Å². The zero-order valence-corrected chi connectivity index (χ0v) is 10.9. The number of hydrogen-bond donors (Lipinski definition) is 3. The Bertz CT molecular complexity index is 720. The standard InChI is InChI=1S/C14H13ClN4/c15-10-3-1-2-9(6-10)8-17-14-18-12-5-4-11(16)7-13(12)19-14/h1-7H,8,16H2,(H2,17,18,19). The highest BCUT2D eigenvalue weighted by Crippen LogP contribution is 2.18. The van der Waals surface area contributed by atoms with E-state index in [0.29, 0.717) is 6.54 Å². The third kappa shape index (κ3) is 2.63. The van der Waals surface area contributed by atoms with Gasteiger partial charge in [-0.05, 0) is 35.9 Å². The van der Waals surface area contributed by atoms with Crippen LogP contribution >= 0.6 is 11.6 Å². The minimum atomic E-state index is 0.663. The molecule has 0 bridgehead atoms. The fourth-order valence-corrected chi connectivity index (χ4v) is 2.16. The third-order valence-electron chi connectivity index (χ3n) is 2.85. The predicted octanol–water partition coefficient (Wildman–Crippen LogP) is 3.41. The molecule has 19 heavy (non-hydrogen) atoms. The molecule has 5 heteroatoms. The van der Waals surface area contributed by atoms with Gasteiger partial charge in [-0.15, -0.1) is 0 Å². The van der Waals surface area contributed by atoms with E-state index in [1.54, 1.807) is 0 Å². The second-order valence-electron chi connectivity index (χ2n) is 4.35. The van der Waals surface area contributed by atoms with Crippen LogP contribution in [-0.4, -0.2) is 9.97 Å². The van der Waals surface area contributed by atoms with Gasteiger partial charge >= 0.3 is 0 Å². The van der Waals surface area contributed by atoms with Crippen molar-refractivity contribution >= 4 is 34.3 Å². The molecule has 0 aliphatic carbocycles. The Labute approximate surface area is 115 Å². The van der Waals surface area contributed by atoms with Crippen LogP contribution in [0.1, 0.15) is 5.56 Å². The van der Waals surface area contributed by atoms with Gasteiger partial charge in [0.25, 0.3) is 0 Å². The average Bonchev–Trinajstić information content (AvgIpc) is 2.78. The molecule has 0 saturated carbocycles. The van der Waals surface area contributed by atoms with Crippen molar-refractivity contribution in [2.45, 2.75) is 6.54 Å². The van der Waals surface area contributed by atoms with Crippen LogP contribution in [0.3, 0.4) is 0 Å². The lowest BCUT2D eigenvalue weighted by Crippen LogP contribution is -2.00. The maximum absolute atomic E-state index is 5.94. The number of nitrogens with two attached hydrogens (primary N) is 1. The number of hydrogen-bond acceptors (Lipinski definition) is 3. The highest BCUT2D eigenvalue weighted by Gasteiger charge is 2.02. The van der Waals surface area contributed by atoms with E-state index in [1.807, 2.05) is 42.5 Å². The Kier molecular flexibility index (Phi) is 3.01. The molecule has 0 fully saturated rings. The lowest BCUT2D eigenvalue weighted by molar-refractivity contribution is 1.10. The Hall–Kier alpha value is -2.20. The molecule has 0 unspecified atom stereocenters. The van der Waals surface area contributed by atoms with E-state index in [9.17, 15) is 0 Å². The molecular weight excluding hydrogens is 260 g/mol. The molecule has 3 aromatic rings. The fourth-order valence-electron chi connectivity index (χ4n) is 1.94. The van der Waals surface area contributed by atoms with Gasteiger partial charge in [0.15, 0.2) is 0 Å². The zero-order chi connectivity index (χ0) is 13.2. The Morgan fingerprint density at radius 1 is 1.21 bits per heavy atom. The molecule has 96 valence electrons. The summed E-state index contributed by atoms with van der Waals surface area (Å²) in [6.45, 7) is 0.663. The van der Waals surface area contributed by atoms with Crippen molar-refractivity contribution in [3.05, 3.63) is 53.1 Å². The van der Waals surface area contributed by atoms with Gasteiger partial charge < -0.3 is 16.0 Å². The summed E-state index contributed by atoms with van der Waals surface area (Å²) < 4.78 is 0. The number of H-pyrrole nitrogens is 1. The van der Waals surface area contributed by atoms with Crippen LogP contribution in [0.25, 0.3) is 11.0 Å². The van der Waals surface area contributed by atoms with Crippen LogP contribution < -0.4 is 11.1 Å². The number of fused-ring (bicyclic) bond motifs is 1. The van der Waals surface area contributed by atoms with Crippen LogP contribution in [-0.2, 0) is 6.54 Å². The van der Waals surface area contributed by atoms with Gasteiger partial charge in [-0.2, -0.15) is 0 Å². The lowest BCUT2D eigenvalue weighted by Gasteiger charge is -2.03. The second kappa shape index (κ2) is 4.82. The second-order valence-corrected chi connectivity index (χ2v) is 4.78. The largest absolute Gasteiger partial charge is 0.399 e. The summed E-state index contributed by atoms with van der Waals surface area (Å²) in [6.07, 6.45) is 0. The van der Waals surface area contributed by atoms with Crippen molar-refractivity contribution in [2.75, 3.05) is 11.1 Å². The number of aromatic amines is 1. The Morgan fingerprint density at radius 2 is 2.11 bits per heavy atom. The predicted molar refractivity (Wildman–Crippen MR) is 79.3 cm³/mol. The van der Waals surface area contributed by atoms with Crippen LogP contribution in [0.4, 0.5) is 11.6 Å². The number of halogens is 1. The van der Waals surface area contributed by atoms with Gasteiger partial charge in [0, 0.05) is 17.3 Å². The summed E-state index contributed by atoms with van der Waals surface area (Å²) in [5, 5.41) is 3.96. The minimum Gasteiger partial charge on any atom is -0.399 e. The molecule has 0 aliphatic rings. The number of rotatable bonds is 3. The highest BCUT2D eigenvalue weighted by molar-refractivity contribution is 6.30. The summed E-state index contributed by atoms with van der Waals surface area (Å²) >= 11 is 5.94. The van der Waals surface area contributed by atoms with E-state index in [2.05, 4.69) is 15.3 Å². The molecule has 0 amide bonds. The van der Waals surface area contributed by atoms with E-state index in [0.717, 1.165) is 33.3 Å². The number of aromatic nitrogens is 2. The van der Waals surface area contributed by atoms with Gasteiger partial charge in [-0.3, -0.25) is 0 Å². The number of nitrogens with zero attached hydrogens (tertiary/aromatic N) is 1. The van der Waals surface area contributed by atoms with Gasteiger partial charge in [0.2, 0.25) is 5.95 Å². The number of benzene rings is 2. The molecule has 3 rings (SSSR count). The monoisotopic (exact) mass is 272 g/mol. The summed E-state index contributed by atoms with van der Waals surface area (Å²) in [5.41, 5.74) is 9.37. The topological polar surface area (TPSA) is 66.7 Å². The maximum atomic E-state index is 5.94. The summed E-state index contributed by atoms with van der Waals surface area (Å²) in [6, 6.07) is 13.3. The SMILES string of the molecule is Nc1ccc2nc(NCc3cccc(Cl)c3)[nH]c2c1. The molecule has 0 atom stereocenters. The number of imidazole rings is 1. The lowest BCUT2D eigenvalue weighted by atomic mass is 10.2.